The Morgan fingerprint density at radius 2 is 2.17 bits per heavy atom. The van der Waals surface area contributed by atoms with Crippen LogP contribution in [0.25, 0.3) is 0 Å². The summed E-state index contributed by atoms with van der Waals surface area (Å²) >= 11 is 0. The number of hydrogen-bond acceptors (Lipinski definition) is 5. The number of rotatable bonds is 9. The van der Waals surface area contributed by atoms with Crippen molar-refractivity contribution < 1.29 is 27.4 Å². The van der Waals surface area contributed by atoms with E-state index in [0.29, 0.717) is 13.0 Å². The van der Waals surface area contributed by atoms with E-state index >= 15 is 0 Å². The van der Waals surface area contributed by atoms with Gasteiger partial charge in [0.25, 0.3) is 0 Å². The van der Waals surface area contributed by atoms with Crippen LogP contribution in [0.2, 0.25) is 0 Å². The van der Waals surface area contributed by atoms with Crippen LogP contribution in [-0.2, 0) is 19.6 Å². The van der Waals surface area contributed by atoms with Gasteiger partial charge >= 0.3 is 5.97 Å². The molecule has 0 rings (SSSR count). The Hall–Kier alpha value is -0.920. The van der Waals surface area contributed by atoms with Gasteiger partial charge in [0.2, 0.25) is 0 Å². The monoisotopic (exact) mass is 279 g/mol. The van der Waals surface area contributed by atoms with Gasteiger partial charge in [-0.15, -0.1) is 0 Å². The van der Waals surface area contributed by atoms with Crippen molar-refractivity contribution in [3.05, 3.63) is 12.7 Å². The number of nitrogens with one attached hydrogen (secondary N) is 1. The summed E-state index contributed by atoms with van der Waals surface area (Å²) in [5.41, 5.74) is 0. The highest BCUT2D eigenvalue weighted by molar-refractivity contribution is 7.85. The van der Waals surface area contributed by atoms with Gasteiger partial charge in [-0.1, -0.05) is 6.58 Å². The summed E-state index contributed by atoms with van der Waals surface area (Å²) in [6, 6.07) is 0.0493. The molecule has 0 saturated heterocycles. The Morgan fingerprint density at radius 3 is 2.61 bits per heavy atom. The van der Waals surface area contributed by atoms with Crippen LogP contribution in [0.5, 0.6) is 0 Å². The van der Waals surface area contributed by atoms with Crippen molar-refractivity contribution in [3.8, 4) is 0 Å². The van der Waals surface area contributed by atoms with Gasteiger partial charge in [-0.25, -0.2) is 13.2 Å². The number of ether oxygens (including phenoxy) is 1. The molecule has 0 radical (unpaired) electrons. The van der Waals surface area contributed by atoms with Gasteiger partial charge in [0, 0.05) is 18.2 Å². The Kier molecular flexibility index (Phi) is 7.81. The number of quaternary nitrogens is 1. The number of esters is 1. The average Bonchev–Trinajstić information content (AvgIpc) is 2.29. The van der Waals surface area contributed by atoms with Gasteiger partial charge in [0.05, 0.1) is 23.2 Å². The lowest BCUT2D eigenvalue weighted by Gasteiger charge is -2.24. The fraction of sp³-hybridized carbons (Fsp3) is 0.727. The maximum Gasteiger partial charge on any atom is 0.330 e. The van der Waals surface area contributed by atoms with Crippen molar-refractivity contribution in [3.63, 3.8) is 0 Å². The third-order valence-electron chi connectivity index (χ3n) is 2.69. The zero-order valence-corrected chi connectivity index (χ0v) is 11.7. The minimum absolute atomic E-state index is 0.0493. The average molecular weight is 279 g/mol. The first-order valence-electron chi connectivity index (χ1n) is 5.87. The summed E-state index contributed by atoms with van der Waals surface area (Å²) in [5, 5.41) is 0. The minimum atomic E-state index is -4.15. The fourth-order valence-electron chi connectivity index (χ4n) is 1.63. The van der Waals surface area contributed by atoms with Crippen LogP contribution in [0.4, 0.5) is 0 Å². The van der Waals surface area contributed by atoms with Crippen molar-refractivity contribution in [1.82, 2.24) is 0 Å². The van der Waals surface area contributed by atoms with Gasteiger partial charge in [0.15, 0.2) is 0 Å². The number of hydrogen-bond donors (Lipinski definition) is 1. The van der Waals surface area contributed by atoms with Crippen molar-refractivity contribution in [2.45, 2.75) is 26.3 Å². The topological polar surface area (TPSA) is 87.9 Å². The van der Waals surface area contributed by atoms with Crippen LogP contribution in [0, 0.1) is 0 Å². The normalized spacial score (nSPS) is 14.8. The fourth-order valence-corrected chi connectivity index (χ4v) is 2.13. The molecule has 0 aromatic heterocycles. The standard InChI is InChI=1S/C11H21NO5S/c1-4-11(13)17-9-10(3)12(5-2)7-6-8-18(14,15)16/h4,10H,1,5-9H2,2-3H3,(H,14,15,16). The Labute approximate surface area is 108 Å². The molecule has 0 heterocycles. The second-order valence-corrected chi connectivity index (χ2v) is 5.64. The van der Waals surface area contributed by atoms with Crippen LogP contribution in [-0.4, -0.2) is 50.4 Å². The van der Waals surface area contributed by atoms with Crippen molar-refractivity contribution in [1.29, 1.82) is 0 Å². The van der Waals surface area contributed by atoms with Crippen molar-refractivity contribution >= 4 is 16.1 Å². The highest BCUT2D eigenvalue weighted by Gasteiger charge is 2.17. The van der Waals surface area contributed by atoms with Crippen molar-refractivity contribution in [2.24, 2.45) is 0 Å². The third kappa shape index (κ3) is 8.21. The van der Waals surface area contributed by atoms with E-state index < -0.39 is 16.1 Å². The minimum Gasteiger partial charge on any atom is -0.748 e. The van der Waals surface area contributed by atoms with Crippen LogP contribution in [0.3, 0.4) is 0 Å². The highest BCUT2D eigenvalue weighted by Crippen LogP contribution is 1.87. The predicted molar refractivity (Wildman–Crippen MR) is 66.2 cm³/mol. The molecule has 106 valence electrons. The first-order chi connectivity index (χ1) is 8.30. The van der Waals surface area contributed by atoms with E-state index in [9.17, 15) is 17.8 Å². The Balaban J connectivity index is 4.07. The molecular formula is C11H21NO5S. The third-order valence-corrected chi connectivity index (χ3v) is 3.47. The number of carbonyl (C=O) groups is 1. The summed E-state index contributed by atoms with van der Waals surface area (Å²) in [7, 11) is -4.15. The van der Waals surface area contributed by atoms with E-state index in [-0.39, 0.29) is 18.4 Å². The Bertz CT molecular complexity index is 366. The molecule has 0 spiro atoms. The smallest absolute Gasteiger partial charge is 0.330 e. The summed E-state index contributed by atoms with van der Waals surface area (Å²) in [5.74, 6) is -0.824. The molecular weight excluding hydrogens is 258 g/mol. The van der Waals surface area contributed by atoms with Crippen LogP contribution in [0.1, 0.15) is 20.3 Å². The highest BCUT2D eigenvalue weighted by atomic mass is 32.2. The molecule has 1 N–H and O–H groups in total. The van der Waals surface area contributed by atoms with E-state index in [1.54, 1.807) is 0 Å². The molecule has 7 heteroatoms. The maximum absolute atomic E-state index is 10.9. The van der Waals surface area contributed by atoms with E-state index in [4.69, 9.17) is 4.74 Å². The molecule has 0 fully saturated rings. The van der Waals surface area contributed by atoms with Gasteiger partial charge in [-0.3, -0.25) is 0 Å². The molecule has 0 amide bonds. The van der Waals surface area contributed by atoms with Gasteiger partial charge in [0.1, 0.15) is 12.6 Å². The van der Waals surface area contributed by atoms with Crippen LogP contribution < -0.4 is 4.90 Å². The van der Waals surface area contributed by atoms with Crippen molar-refractivity contribution in [2.75, 3.05) is 25.4 Å². The SMILES string of the molecule is C=CC(=O)OCC(C)[NH+](CC)CCCS(=O)(=O)[O-]. The summed E-state index contributed by atoms with van der Waals surface area (Å²) in [6.07, 6.45) is 1.41. The maximum atomic E-state index is 10.9. The first-order valence-corrected chi connectivity index (χ1v) is 7.45. The van der Waals surface area contributed by atoms with E-state index in [0.717, 1.165) is 17.5 Å². The molecule has 0 bridgehead atoms. The number of carbonyl (C=O) groups excluding carboxylic acids is 1. The molecule has 2 unspecified atom stereocenters. The lowest BCUT2D eigenvalue weighted by Crippen LogP contribution is -3.15. The molecule has 2 atom stereocenters. The van der Waals surface area contributed by atoms with E-state index in [2.05, 4.69) is 6.58 Å². The largest absolute Gasteiger partial charge is 0.748 e. The Morgan fingerprint density at radius 1 is 1.56 bits per heavy atom. The molecule has 0 saturated carbocycles. The lowest BCUT2D eigenvalue weighted by atomic mass is 10.3. The van der Waals surface area contributed by atoms with Gasteiger partial charge in [-0.05, 0) is 13.8 Å². The first kappa shape index (κ1) is 17.1. The summed E-state index contributed by atoms with van der Waals surface area (Å²) in [6.45, 7) is 8.73. The molecule has 0 aliphatic rings. The second-order valence-electron chi connectivity index (χ2n) is 4.11. The molecule has 6 nitrogen and oxygen atoms in total. The van der Waals surface area contributed by atoms with E-state index in [1.807, 2.05) is 13.8 Å². The summed E-state index contributed by atoms with van der Waals surface area (Å²) < 4.78 is 36.4. The molecule has 18 heavy (non-hydrogen) atoms. The van der Waals surface area contributed by atoms with Gasteiger partial charge < -0.3 is 14.2 Å². The summed E-state index contributed by atoms with van der Waals surface area (Å²) in [4.78, 5) is 12.0. The number of likely N-dealkylation sites (N-methyl/N-ethyl adjacent to an activating group) is 1. The molecule has 0 aromatic carbocycles. The lowest BCUT2D eigenvalue weighted by molar-refractivity contribution is -0.922. The quantitative estimate of drug-likeness (QED) is 0.330. The van der Waals surface area contributed by atoms with Crippen LogP contribution in [0.15, 0.2) is 12.7 Å². The van der Waals surface area contributed by atoms with E-state index in [1.165, 1.54) is 0 Å². The molecule has 0 aromatic rings. The zero-order chi connectivity index (χ0) is 14.2. The zero-order valence-electron chi connectivity index (χ0n) is 10.8. The van der Waals surface area contributed by atoms with Gasteiger partial charge in [-0.2, -0.15) is 0 Å². The molecule has 0 aliphatic heterocycles. The molecule has 0 aliphatic carbocycles. The predicted octanol–water partition coefficient (Wildman–Crippen LogP) is -1.06. The second kappa shape index (κ2) is 8.23. The van der Waals surface area contributed by atoms with Crippen LogP contribution >= 0.6 is 0 Å².